The zero-order chi connectivity index (χ0) is 30.1. The summed E-state index contributed by atoms with van der Waals surface area (Å²) in [6, 6.07) is 17.3. The fourth-order valence-electron chi connectivity index (χ4n) is 4.38. The number of nitrogens with zero attached hydrogens (tertiary/aromatic N) is 1. The van der Waals surface area contributed by atoms with Crippen molar-refractivity contribution in [3.63, 3.8) is 0 Å². The number of aromatic nitrogens is 2. The first-order chi connectivity index (χ1) is 20.2. The number of imidazole rings is 1. The standard InChI is InChI=1S/C30H33N7O5/c31-22(14-18-4-2-1-3-5-18)28(40)37-26(15-19-6-9-21(38)10-7-19)30(42)36-24(12-13-27(32)39)29(41)35-20-8-11-23-25(16-20)34-17-33-23/h1-11,16-17,22,24,26,38H,12-15,31H2,(H2,32,39)(H,33,34)(H,35,41)(H,36,42)(H,37,40). The molecule has 3 atom stereocenters. The van der Waals surface area contributed by atoms with E-state index >= 15 is 0 Å². The number of aromatic hydroxyl groups is 1. The van der Waals surface area contributed by atoms with E-state index < -0.39 is 41.8 Å². The fraction of sp³-hybridized carbons (Fsp3) is 0.233. The molecule has 12 heteroatoms. The molecular formula is C30H33N7O5. The van der Waals surface area contributed by atoms with Crippen LogP contribution >= 0.6 is 0 Å². The van der Waals surface area contributed by atoms with Crippen LogP contribution in [0.2, 0.25) is 0 Å². The van der Waals surface area contributed by atoms with Gasteiger partial charge < -0.3 is 37.5 Å². The van der Waals surface area contributed by atoms with Gasteiger partial charge in [-0.15, -0.1) is 0 Å². The summed E-state index contributed by atoms with van der Waals surface area (Å²) in [5, 5.41) is 17.8. The van der Waals surface area contributed by atoms with E-state index in [1.807, 2.05) is 30.3 Å². The van der Waals surface area contributed by atoms with E-state index in [0.717, 1.165) is 11.1 Å². The van der Waals surface area contributed by atoms with Crippen molar-refractivity contribution < 1.29 is 24.3 Å². The van der Waals surface area contributed by atoms with Gasteiger partial charge in [0.1, 0.15) is 17.8 Å². The molecule has 3 unspecified atom stereocenters. The third-order valence-corrected chi connectivity index (χ3v) is 6.65. The molecule has 0 bridgehead atoms. The number of rotatable bonds is 13. The van der Waals surface area contributed by atoms with Crippen molar-refractivity contribution in [2.75, 3.05) is 5.32 Å². The zero-order valence-electron chi connectivity index (χ0n) is 22.7. The van der Waals surface area contributed by atoms with Gasteiger partial charge in [-0.05, 0) is 54.3 Å². The second kappa shape index (κ2) is 13.9. The van der Waals surface area contributed by atoms with Gasteiger partial charge in [0.25, 0.3) is 0 Å². The number of nitrogens with one attached hydrogen (secondary N) is 4. The summed E-state index contributed by atoms with van der Waals surface area (Å²) in [7, 11) is 0. The maximum atomic E-state index is 13.6. The molecule has 0 radical (unpaired) electrons. The number of H-pyrrole nitrogens is 1. The number of amides is 4. The number of hydrogen-bond donors (Lipinski definition) is 7. The number of hydrogen-bond acceptors (Lipinski definition) is 7. The van der Waals surface area contributed by atoms with Crippen LogP contribution in [0.5, 0.6) is 5.75 Å². The molecule has 9 N–H and O–H groups in total. The highest BCUT2D eigenvalue weighted by Gasteiger charge is 2.29. The van der Waals surface area contributed by atoms with E-state index in [1.54, 1.807) is 30.3 Å². The van der Waals surface area contributed by atoms with Crippen LogP contribution in [0.3, 0.4) is 0 Å². The van der Waals surface area contributed by atoms with Gasteiger partial charge in [0, 0.05) is 18.5 Å². The molecular weight excluding hydrogens is 538 g/mol. The largest absolute Gasteiger partial charge is 0.508 e. The molecule has 0 fully saturated rings. The number of primary amides is 1. The molecule has 42 heavy (non-hydrogen) atoms. The number of phenolic OH excluding ortho intramolecular Hbond substituents is 1. The van der Waals surface area contributed by atoms with Gasteiger partial charge in [-0.25, -0.2) is 4.98 Å². The van der Waals surface area contributed by atoms with Crippen LogP contribution in [-0.4, -0.2) is 56.8 Å². The molecule has 4 amide bonds. The summed E-state index contributed by atoms with van der Waals surface area (Å²) in [4.78, 5) is 58.5. The van der Waals surface area contributed by atoms with Crippen molar-refractivity contribution >= 4 is 40.3 Å². The average molecular weight is 572 g/mol. The topological polar surface area (TPSA) is 205 Å². The minimum absolute atomic E-state index is 0.0462. The smallest absolute Gasteiger partial charge is 0.246 e. The Morgan fingerprint density at radius 3 is 2.24 bits per heavy atom. The molecule has 0 aliphatic heterocycles. The predicted molar refractivity (Wildman–Crippen MR) is 157 cm³/mol. The van der Waals surface area contributed by atoms with E-state index in [2.05, 4.69) is 25.9 Å². The minimum atomic E-state index is -1.14. The van der Waals surface area contributed by atoms with Crippen LogP contribution in [0.1, 0.15) is 24.0 Å². The monoisotopic (exact) mass is 571 g/mol. The molecule has 4 rings (SSSR count). The quantitative estimate of drug-likeness (QED) is 0.125. The van der Waals surface area contributed by atoms with E-state index in [9.17, 15) is 24.3 Å². The molecule has 12 nitrogen and oxygen atoms in total. The highest BCUT2D eigenvalue weighted by molar-refractivity contribution is 6.00. The van der Waals surface area contributed by atoms with Gasteiger partial charge >= 0.3 is 0 Å². The number of aromatic amines is 1. The summed E-state index contributed by atoms with van der Waals surface area (Å²) in [6.45, 7) is 0. The molecule has 0 spiro atoms. The summed E-state index contributed by atoms with van der Waals surface area (Å²) < 4.78 is 0. The van der Waals surface area contributed by atoms with Crippen LogP contribution in [0, 0.1) is 0 Å². The van der Waals surface area contributed by atoms with Crippen molar-refractivity contribution in [1.29, 1.82) is 0 Å². The molecule has 218 valence electrons. The number of phenols is 1. The van der Waals surface area contributed by atoms with Crippen molar-refractivity contribution in [2.45, 2.75) is 43.8 Å². The third kappa shape index (κ3) is 8.38. The minimum Gasteiger partial charge on any atom is -0.508 e. The Hall–Kier alpha value is -5.23. The van der Waals surface area contributed by atoms with Gasteiger partial charge in [-0.1, -0.05) is 42.5 Å². The average Bonchev–Trinajstić information content (AvgIpc) is 3.44. The summed E-state index contributed by atoms with van der Waals surface area (Å²) in [6.07, 6.45) is 1.61. The Bertz CT molecular complexity index is 1540. The second-order valence-electron chi connectivity index (χ2n) is 9.92. The molecule has 1 heterocycles. The summed E-state index contributed by atoms with van der Waals surface area (Å²) in [5.41, 5.74) is 14.8. The molecule has 0 saturated carbocycles. The van der Waals surface area contributed by atoms with E-state index in [-0.39, 0.29) is 31.4 Å². The summed E-state index contributed by atoms with van der Waals surface area (Å²) >= 11 is 0. The van der Waals surface area contributed by atoms with Crippen LogP contribution in [0.4, 0.5) is 5.69 Å². The van der Waals surface area contributed by atoms with Crippen molar-refractivity contribution in [2.24, 2.45) is 11.5 Å². The first-order valence-corrected chi connectivity index (χ1v) is 13.4. The lowest BCUT2D eigenvalue weighted by atomic mass is 10.0. The Kier molecular flexibility index (Phi) is 9.85. The van der Waals surface area contributed by atoms with Crippen LogP contribution in [0.25, 0.3) is 11.0 Å². The number of nitrogens with two attached hydrogens (primary N) is 2. The number of anilines is 1. The zero-order valence-corrected chi connectivity index (χ0v) is 22.7. The number of benzene rings is 3. The lowest BCUT2D eigenvalue weighted by molar-refractivity contribution is -0.131. The first kappa shape index (κ1) is 29.7. The Labute approximate surface area is 241 Å². The van der Waals surface area contributed by atoms with Crippen LogP contribution in [-0.2, 0) is 32.0 Å². The van der Waals surface area contributed by atoms with Gasteiger partial charge in [-0.2, -0.15) is 0 Å². The summed E-state index contributed by atoms with van der Waals surface area (Å²) in [5.74, 6) is -2.38. The molecule has 0 aliphatic rings. The van der Waals surface area contributed by atoms with E-state index in [1.165, 1.54) is 18.5 Å². The molecule has 0 aliphatic carbocycles. The molecule has 1 aromatic heterocycles. The van der Waals surface area contributed by atoms with Gasteiger partial charge in [0.05, 0.1) is 23.4 Å². The Balaban J connectivity index is 1.50. The van der Waals surface area contributed by atoms with E-state index in [0.29, 0.717) is 16.8 Å². The molecule has 0 saturated heterocycles. The van der Waals surface area contributed by atoms with Gasteiger partial charge in [-0.3, -0.25) is 19.2 Å². The fourth-order valence-corrected chi connectivity index (χ4v) is 4.38. The lowest BCUT2D eigenvalue weighted by Gasteiger charge is -2.24. The number of fused-ring (bicyclic) bond motifs is 1. The van der Waals surface area contributed by atoms with E-state index in [4.69, 9.17) is 11.5 Å². The number of carbonyl (C=O) groups is 4. The van der Waals surface area contributed by atoms with Gasteiger partial charge in [0.2, 0.25) is 23.6 Å². The maximum absolute atomic E-state index is 13.6. The van der Waals surface area contributed by atoms with Gasteiger partial charge in [0.15, 0.2) is 0 Å². The van der Waals surface area contributed by atoms with Crippen LogP contribution in [0.15, 0.2) is 79.1 Å². The van der Waals surface area contributed by atoms with Crippen molar-refractivity contribution in [3.8, 4) is 5.75 Å². The Morgan fingerprint density at radius 2 is 1.52 bits per heavy atom. The van der Waals surface area contributed by atoms with Crippen molar-refractivity contribution in [1.82, 2.24) is 20.6 Å². The molecule has 3 aromatic carbocycles. The normalized spacial score (nSPS) is 13.1. The highest BCUT2D eigenvalue weighted by atomic mass is 16.3. The SMILES string of the molecule is NC(=O)CCC(NC(=O)C(Cc1ccc(O)cc1)NC(=O)C(N)Cc1ccccc1)C(=O)Nc1ccc2[nH]cnc2c1. The lowest BCUT2D eigenvalue weighted by Crippen LogP contribution is -2.56. The van der Waals surface area contributed by atoms with Crippen LogP contribution < -0.4 is 27.4 Å². The second-order valence-corrected chi connectivity index (χ2v) is 9.92. The Morgan fingerprint density at radius 1 is 0.833 bits per heavy atom. The molecule has 4 aromatic rings. The number of carbonyl (C=O) groups excluding carboxylic acids is 4. The highest BCUT2D eigenvalue weighted by Crippen LogP contribution is 2.17. The first-order valence-electron chi connectivity index (χ1n) is 13.4. The predicted octanol–water partition coefficient (Wildman–Crippen LogP) is 1.25. The maximum Gasteiger partial charge on any atom is 0.246 e. The third-order valence-electron chi connectivity index (χ3n) is 6.65. The van der Waals surface area contributed by atoms with Crippen molar-refractivity contribution in [3.05, 3.63) is 90.3 Å².